The van der Waals surface area contributed by atoms with Gasteiger partial charge in [0, 0.05) is 50.8 Å². The molecule has 6 nitrogen and oxygen atoms in total. The maximum absolute atomic E-state index is 12.7. The second kappa shape index (κ2) is 9.06. The van der Waals surface area contributed by atoms with Gasteiger partial charge in [0.05, 0.1) is 10.8 Å². The summed E-state index contributed by atoms with van der Waals surface area (Å²) in [4.78, 5) is 35.5. The summed E-state index contributed by atoms with van der Waals surface area (Å²) in [5.74, 6) is 0.870. The van der Waals surface area contributed by atoms with Crippen LogP contribution in [0.2, 0.25) is 0 Å². The molecule has 2 aliphatic heterocycles. The van der Waals surface area contributed by atoms with Crippen molar-refractivity contribution < 1.29 is 9.59 Å². The third kappa shape index (κ3) is 5.45. The molecule has 2 saturated heterocycles. The zero-order valence-electron chi connectivity index (χ0n) is 16.4. The molecular weight excluding hydrogens is 360 g/mol. The third-order valence-corrected chi connectivity index (χ3v) is 6.49. The van der Waals surface area contributed by atoms with Crippen LogP contribution < -0.4 is 0 Å². The molecule has 0 aromatic carbocycles. The number of carbonyl (C=O) groups is 2. The van der Waals surface area contributed by atoms with E-state index in [1.165, 1.54) is 11.8 Å². The van der Waals surface area contributed by atoms with E-state index in [1.807, 2.05) is 42.1 Å². The number of piperidine rings is 2. The van der Waals surface area contributed by atoms with E-state index in [0.29, 0.717) is 12.2 Å². The molecule has 27 heavy (non-hydrogen) atoms. The largest absolute Gasteiger partial charge is 0.341 e. The maximum Gasteiger partial charge on any atom is 0.233 e. The topological polar surface area (TPSA) is 56.8 Å². The van der Waals surface area contributed by atoms with Crippen molar-refractivity contribution in [1.29, 1.82) is 0 Å². The first-order valence-electron chi connectivity index (χ1n) is 9.72. The van der Waals surface area contributed by atoms with Gasteiger partial charge in [0.15, 0.2) is 0 Å². The number of rotatable bonds is 6. The van der Waals surface area contributed by atoms with E-state index in [9.17, 15) is 9.59 Å². The Morgan fingerprint density at radius 1 is 1.30 bits per heavy atom. The molecule has 2 aliphatic rings. The van der Waals surface area contributed by atoms with Crippen LogP contribution in [0, 0.1) is 5.41 Å². The van der Waals surface area contributed by atoms with Gasteiger partial charge in [-0.15, -0.1) is 0 Å². The molecule has 148 valence electrons. The molecule has 0 radical (unpaired) electrons. The fourth-order valence-electron chi connectivity index (χ4n) is 4.04. The van der Waals surface area contributed by atoms with Gasteiger partial charge in [0.2, 0.25) is 11.8 Å². The fraction of sp³-hybridized carbons (Fsp3) is 0.650. The molecular formula is C20H30N4O2S. The molecule has 3 heterocycles. The number of hydrogen-bond acceptors (Lipinski definition) is 5. The highest BCUT2D eigenvalue weighted by Crippen LogP contribution is 2.39. The lowest BCUT2D eigenvalue weighted by molar-refractivity contribution is -0.142. The molecule has 0 unspecified atom stereocenters. The quantitative estimate of drug-likeness (QED) is 0.695. The summed E-state index contributed by atoms with van der Waals surface area (Å²) in [7, 11) is 4.06. The van der Waals surface area contributed by atoms with Crippen LogP contribution in [-0.4, -0.2) is 84.1 Å². The van der Waals surface area contributed by atoms with Crippen molar-refractivity contribution in [2.75, 3.05) is 52.6 Å². The molecule has 0 N–H and O–H groups in total. The van der Waals surface area contributed by atoms with Crippen molar-refractivity contribution in [3.63, 3.8) is 0 Å². The molecule has 0 saturated carbocycles. The van der Waals surface area contributed by atoms with E-state index in [-0.39, 0.29) is 17.2 Å². The number of aromatic nitrogens is 1. The molecule has 2 fully saturated rings. The van der Waals surface area contributed by atoms with Crippen molar-refractivity contribution in [3.8, 4) is 0 Å². The second-order valence-electron chi connectivity index (χ2n) is 7.99. The average molecular weight is 391 g/mol. The molecule has 0 bridgehead atoms. The van der Waals surface area contributed by atoms with Gasteiger partial charge in [-0.1, -0.05) is 17.8 Å². The summed E-state index contributed by atoms with van der Waals surface area (Å²) < 4.78 is 0. The maximum atomic E-state index is 12.7. The van der Waals surface area contributed by atoms with Crippen molar-refractivity contribution in [1.82, 2.24) is 19.7 Å². The van der Waals surface area contributed by atoms with E-state index in [4.69, 9.17) is 0 Å². The number of hydrogen-bond donors (Lipinski definition) is 0. The van der Waals surface area contributed by atoms with Crippen LogP contribution in [0.5, 0.6) is 0 Å². The van der Waals surface area contributed by atoms with Crippen LogP contribution >= 0.6 is 11.8 Å². The van der Waals surface area contributed by atoms with Crippen LogP contribution in [0.25, 0.3) is 0 Å². The fourth-order valence-corrected chi connectivity index (χ4v) is 4.80. The average Bonchev–Trinajstić information content (AvgIpc) is 2.68. The van der Waals surface area contributed by atoms with Gasteiger partial charge >= 0.3 is 0 Å². The van der Waals surface area contributed by atoms with E-state index >= 15 is 0 Å². The molecule has 1 aromatic heterocycles. The third-order valence-electron chi connectivity index (χ3n) is 5.56. The number of likely N-dealkylation sites (N-methyl/N-ethyl adjacent to an activating group) is 1. The first-order chi connectivity index (χ1) is 13.0. The number of likely N-dealkylation sites (tertiary alicyclic amines) is 2. The standard InChI is InChI=1S/C20H30N4O2S/c1-22(2)12-13-24-16-20(9-7-18(24)25)8-5-11-23(15-20)19(26)14-27-17-6-3-4-10-21-17/h3-4,6,10H,5,7-9,11-16H2,1-2H3/t20-/m0/s1. The monoisotopic (exact) mass is 390 g/mol. The van der Waals surface area contributed by atoms with E-state index in [2.05, 4.69) is 9.88 Å². The summed E-state index contributed by atoms with van der Waals surface area (Å²) in [5.41, 5.74) is 0.0732. The molecule has 3 rings (SSSR count). The van der Waals surface area contributed by atoms with Gasteiger partial charge in [0.1, 0.15) is 0 Å². The molecule has 1 atom stereocenters. The number of pyridine rings is 1. The van der Waals surface area contributed by atoms with E-state index < -0.39 is 0 Å². The van der Waals surface area contributed by atoms with Gasteiger partial charge in [-0.05, 0) is 45.5 Å². The first kappa shape index (κ1) is 20.1. The number of amides is 2. The zero-order valence-corrected chi connectivity index (χ0v) is 17.2. The van der Waals surface area contributed by atoms with E-state index in [1.54, 1.807) is 6.20 Å². The number of nitrogens with zero attached hydrogens (tertiary/aromatic N) is 4. The van der Waals surface area contributed by atoms with Crippen LogP contribution in [-0.2, 0) is 9.59 Å². The molecule has 7 heteroatoms. The highest BCUT2D eigenvalue weighted by Gasteiger charge is 2.42. The Balaban J connectivity index is 1.57. The lowest BCUT2D eigenvalue weighted by Gasteiger charge is -2.48. The summed E-state index contributed by atoms with van der Waals surface area (Å²) in [6, 6.07) is 5.76. The van der Waals surface area contributed by atoms with Crippen LogP contribution in [0.15, 0.2) is 29.4 Å². The predicted octanol–water partition coefficient (Wildman–Crippen LogP) is 1.97. The van der Waals surface area contributed by atoms with Crippen LogP contribution in [0.1, 0.15) is 25.7 Å². The summed E-state index contributed by atoms with van der Waals surface area (Å²) >= 11 is 1.50. The van der Waals surface area contributed by atoms with Gasteiger partial charge in [0.25, 0.3) is 0 Å². The Morgan fingerprint density at radius 3 is 2.89 bits per heavy atom. The second-order valence-corrected chi connectivity index (χ2v) is 8.99. The molecule has 0 aliphatic carbocycles. The minimum Gasteiger partial charge on any atom is -0.341 e. The Hall–Kier alpha value is -1.60. The summed E-state index contributed by atoms with van der Waals surface area (Å²) in [6.07, 6.45) is 5.40. The SMILES string of the molecule is CN(C)CCN1C[C@@]2(CCCN(C(=O)CSc3ccccn3)C2)CCC1=O. The van der Waals surface area contributed by atoms with Crippen molar-refractivity contribution in [3.05, 3.63) is 24.4 Å². The smallest absolute Gasteiger partial charge is 0.233 e. The lowest BCUT2D eigenvalue weighted by atomic mass is 9.73. The normalized spacial score (nSPS) is 23.3. The number of carbonyl (C=O) groups excluding carboxylic acids is 2. The lowest BCUT2D eigenvalue weighted by Crippen LogP contribution is -2.56. The van der Waals surface area contributed by atoms with Gasteiger partial charge in [-0.25, -0.2) is 4.98 Å². The highest BCUT2D eigenvalue weighted by atomic mass is 32.2. The summed E-state index contributed by atoms with van der Waals surface area (Å²) in [6.45, 7) is 4.05. The number of thioether (sulfide) groups is 1. The van der Waals surface area contributed by atoms with Crippen LogP contribution in [0.4, 0.5) is 0 Å². The van der Waals surface area contributed by atoms with Gasteiger partial charge < -0.3 is 14.7 Å². The molecule has 1 spiro atoms. The van der Waals surface area contributed by atoms with E-state index in [0.717, 1.165) is 57.0 Å². The van der Waals surface area contributed by atoms with Crippen molar-refractivity contribution in [2.24, 2.45) is 5.41 Å². The predicted molar refractivity (Wildman–Crippen MR) is 108 cm³/mol. The Labute approximate surface area is 166 Å². The van der Waals surface area contributed by atoms with Crippen molar-refractivity contribution >= 4 is 23.6 Å². The van der Waals surface area contributed by atoms with Crippen LogP contribution in [0.3, 0.4) is 0 Å². The molecule has 2 amide bonds. The van der Waals surface area contributed by atoms with Gasteiger partial charge in [-0.3, -0.25) is 9.59 Å². The van der Waals surface area contributed by atoms with Crippen molar-refractivity contribution in [2.45, 2.75) is 30.7 Å². The minimum absolute atomic E-state index is 0.0732. The Kier molecular flexibility index (Phi) is 6.76. The first-order valence-corrected chi connectivity index (χ1v) is 10.7. The highest BCUT2D eigenvalue weighted by molar-refractivity contribution is 7.99. The Bertz CT molecular complexity index is 655. The summed E-state index contributed by atoms with van der Waals surface area (Å²) in [5, 5.41) is 0.885. The minimum atomic E-state index is 0.0732. The molecule has 1 aromatic rings. The zero-order chi connectivity index (χ0) is 19.3. The Morgan fingerprint density at radius 2 is 2.15 bits per heavy atom. The van der Waals surface area contributed by atoms with Gasteiger partial charge in [-0.2, -0.15) is 0 Å².